The molecule has 2 N–H and O–H groups in total. The predicted octanol–water partition coefficient (Wildman–Crippen LogP) is 3.97. The van der Waals surface area contributed by atoms with Gasteiger partial charge in [-0.25, -0.2) is 0 Å². The lowest BCUT2D eigenvalue weighted by molar-refractivity contribution is 0.150. The Kier molecular flexibility index (Phi) is 4.64. The summed E-state index contributed by atoms with van der Waals surface area (Å²) in [6.45, 7) is 9.23. The van der Waals surface area contributed by atoms with Gasteiger partial charge in [0.15, 0.2) is 0 Å². The molecule has 0 aromatic heterocycles. The molecule has 1 atom stereocenters. The van der Waals surface area contributed by atoms with Crippen molar-refractivity contribution in [2.24, 2.45) is 23.0 Å². The molecule has 1 aliphatic rings. The molecular weight excluding hydrogens is 182 g/mol. The zero-order chi connectivity index (χ0) is 11.5. The van der Waals surface area contributed by atoms with Crippen LogP contribution in [-0.2, 0) is 0 Å². The zero-order valence-electron chi connectivity index (χ0n) is 11.1. The maximum absolute atomic E-state index is 6.42. The van der Waals surface area contributed by atoms with E-state index in [9.17, 15) is 0 Å². The highest BCUT2D eigenvalue weighted by molar-refractivity contribution is 4.88. The summed E-state index contributed by atoms with van der Waals surface area (Å²) in [4.78, 5) is 0. The molecule has 0 spiro atoms. The van der Waals surface area contributed by atoms with E-state index in [2.05, 4.69) is 27.7 Å². The summed E-state index contributed by atoms with van der Waals surface area (Å²) in [5, 5.41) is 0. The van der Waals surface area contributed by atoms with Crippen molar-refractivity contribution in [3.63, 3.8) is 0 Å². The summed E-state index contributed by atoms with van der Waals surface area (Å²) in [6.07, 6.45) is 8.11. The van der Waals surface area contributed by atoms with Crippen LogP contribution >= 0.6 is 0 Å². The van der Waals surface area contributed by atoms with Gasteiger partial charge in [-0.2, -0.15) is 0 Å². The summed E-state index contributed by atoms with van der Waals surface area (Å²) >= 11 is 0. The molecule has 1 heteroatoms. The topological polar surface area (TPSA) is 26.0 Å². The molecule has 0 radical (unpaired) electrons. The second kappa shape index (κ2) is 5.34. The summed E-state index contributed by atoms with van der Waals surface area (Å²) in [5.74, 6) is 1.76. The third-order valence-corrected chi connectivity index (χ3v) is 4.79. The predicted molar refractivity (Wildman–Crippen MR) is 67.8 cm³/mol. The van der Waals surface area contributed by atoms with Crippen molar-refractivity contribution in [3.8, 4) is 0 Å². The van der Waals surface area contributed by atoms with E-state index < -0.39 is 0 Å². The van der Waals surface area contributed by atoms with Crippen LogP contribution in [0.3, 0.4) is 0 Å². The number of rotatable bonds is 4. The molecule has 0 saturated heterocycles. The van der Waals surface area contributed by atoms with Gasteiger partial charge in [0.05, 0.1) is 0 Å². The lowest BCUT2D eigenvalue weighted by Crippen LogP contribution is -2.44. The SMILES string of the molecule is CCC1CCC(C(N)C(C)(C)CC)CC1. The Morgan fingerprint density at radius 3 is 2.07 bits per heavy atom. The van der Waals surface area contributed by atoms with Crippen molar-refractivity contribution in [2.45, 2.75) is 72.3 Å². The lowest BCUT2D eigenvalue weighted by atomic mass is 9.69. The van der Waals surface area contributed by atoms with Crippen LogP contribution in [-0.4, -0.2) is 6.04 Å². The standard InChI is InChI=1S/C14H29N/c1-5-11-7-9-12(10-8-11)13(15)14(3,4)6-2/h11-13H,5-10,15H2,1-4H3. The van der Waals surface area contributed by atoms with E-state index in [4.69, 9.17) is 5.73 Å². The van der Waals surface area contributed by atoms with Crippen LogP contribution in [0.2, 0.25) is 0 Å². The normalized spacial score (nSPS) is 30.2. The number of hydrogen-bond acceptors (Lipinski definition) is 1. The van der Waals surface area contributed by atoms with E-state index >= 15 is 0 Å². The average Bonchev–Trinajstić information content (AvgIpc) is 2.28. The van der Waals surface area contributed by atoms with Gasteiger partial charge in [0, 0.05) is 6.04 Å². The van der Waals surface area contributed by atoms with Crippen molar-refractivity contribution in [2.75, 3.05) is 0 Å². The Morgan fingerprint density at radius 2 is 1.67 bits per heavy atom. The maximum atomic E-state index is 6.42. The van der Waals surface area contributed by atoms with Gasteiger partial charge in [-0.15, -0.1) is 0 Å². The molecule has 0 bridgehead atoms. The Labute approximate surface area is 95.8 Å². The minimum absolute atomic E-state index is 0.323. The molecule has 1 aliphatic carbocycles. The van der Waals surface area contributed by atoms with Gasteiger partial charge in [-0.05, 0) is 36.5 Å². The molecule has 1 rings (SSSR count). The largest absolute Gasteiger partial charge is 0.327 e. The van der Waals surface area contributed by atoms with E-state index in [1.54, 1.807) is 0 Å². The molecular formula is C14H29N. The highest BCUT2D eigenvalue weighted by Crippen LogP contribution is 2.38. The fourth-order valence-electron chi connectivity index (χ4n) is 2.83. The van der Waals surface area contributed by atoms with Gasteiger partial charge in [0.2, 0.25) is 0 Å². The molecule has 0 aromatic carbocycles. The van der Waals surface area contributed by atoms with Gasteiger partial charge in [-0.3, -0.25) is 0 Å². The fraction of sp³-hybridized carbons (Fsp3) is 1.00. The van der Waals surface area contributed by atoms with Crippen molar-refractivity contribution in [1.29, 1.82) is 0 Å². The van der Waals surface area contributed by atoms with E-state index in [0.29, 0.717) is 11.5 Å². The summed E-state index contributed by atoms with van der Waals surface area (Å²) in [5.41, 5.74) is 6.75. The van der Waals surface area contributed by atoms with Crippen LogP contribution < -0.4 is 5.73 Å². The van der Waals surface area contributed by atoms with Crippen LogP contribution in [0.25, 0.3) is 0 Å². The zero-order valence-corrected chi connectivity index (χ0v) is 11.1. The van der Waals surface area contributed by atoms with Gasteiger partial charge in [0.1, 0.15) is 0 Å². The second-order valence-corrected chi connectivity index (χ2v) is 6.06. The van der Waals surface area contributed by atoms with Crippen molar-refractivity contribution in [3.05, 3.63) is 0 Å². The highest BCUT2D eigenvalue weighted by atomic mass is 14.7. The third-order valence-electron chi connectivity index (χ3n) is 4.79. The summed E-state index contributed by atoms with van der Waals surface area (Å²) in [7, 11) is 0. The first-order valence-electron chi connectivity index (χ1n) is 6.76. The molecule has 0 amide bonds. The molecule has 1 unspecified atom stereocenters. The first-order valence-corrected chi connectivity index (χ1v) is 6.76. The van der Waals surface area contributed by atoms with Crippen LogP contribution in [0.4, 0.5) is 0 Å². The van der Waals surface area contributed by atoms with E-state index in [-0.39, 0.29) is 0 Å². The monoisotopic (exact) mass is 211 g/mol. The smallest absolute Gasteiger partial charge is 0.0119 e. The van der Waals surface area contributed by atoms with Crippen LogP contribution in [0.15, 0.2) is 0 Å². The van der Waals surface area contributed by atoms with Crippen LogP contribution in [0, 0.1) is 17.3 Å². The van der Waals surface area contributed by atoms with E-state index in [1.807, 2.05) is 0 Å². The van der Waals surface area contributed by atoms with Crippen molar-refractivity contribution < 1.29 is 0 Å². The molecule has 1 nitrogen and oxygen atoms in total. The fourth-order valence-corrected chi connectivity index (χ4v) is 2.83. The number of nitrogens with two attached hydrogens (primary N) is 1. The van der Waals surface area contributed by atoms with E-state index in [0.717, 1.165) is 11.8 Å². The molecule has 1 saturated carbocycles. The minimum atomic E-state index is 0.323. The highest BCUT2D eigenvalue weighted by Gasteiger charge is 2.33. The molecule has 0 aromatic rings. The Bertz CT molecular complexity index is 178. The summed E-state index contributed by atoms with van der Waals surface area (Å²) in [6, 6.07) is 0.403. The molecule has 0 aliphatic heterocycles. The molecule has 15 heavy (non-hydrogen) atoms. The maximum Gasteiger partial charge on any atom is 0.0119 e. The quantitative estimate of drug-likeness (QED) is 0.748. The van der Waals surface area contributed by atoms with Crippen LogP contribution in [0.5, 0.6) is 0 Å². The molecule has 1 fully saturated rings. The number of hydrogen-bond donors (Lipinski definition) is 1. The first kappa shape index (κ1) is 13.0. The minimum Gasteiger partial charge on any atom is -0.327 e. The lowest BCUT2D eigenvalue weighted by Gasteiger charge is -2.40. The van der Waals surface area contributed by atoms with E-state index in [1.165, 1.54) is 38.5 Å². The molecule has 90 valence electrons. The third kappa shape index (κ3) is 3.21. The Morgan fingerprint density at radius 1 is 1.13 bits per heavy atom. The van der Waals surface area contributed by atoms with Gasteiger partial charge in [-0.1, -0.05) is 47.0 Å². The van der Waals surface area contributed by atoms with Gasteiger partial charge in [0.25, 0.3) is 0 Å². The summed E-state index contributed by atoms with van der Waals surface area (Å²) < 4.78 is 0. The average molecular weight is 211 g/mol. The first-order chi connectivity index (χ1) is 7.01. The van der Waals surface area contributed by atoms with Gasteiger partial charge >= 0.3 is 0 Å². The second-order valence-electron chi connectivity index (χ2n) is 6.06. The van der Waals surface area contributed by atoms with Crippen LogP contribution in [0.1, 0.15) is 66.2 Å². The Hall–Kier alpha value is -0.0400. The Balaban J connectivity index is 2.46. The van der Waals surface area contributed by atoms with Crippen molar-refractivity contribution >= 4 is 0 Å². The van der Waals surface area contributed by atoms with Crippen molar-refractivity contribution in [1.82, 2.24) is 0 Å². The van der Waals surface area contributed by atoms with Gasteiger partial charge < -0.3 is 5.73 Å². The molecule has 0 heterocycles.